The summed E-state index contributed by atoms with van der Waals surface area (Å²) < 4.78 is 4.97. The first-order valence-electron chi connectivity index (χ1n) is 2.75. The van der Waals surface area contributed by atoms with Gasteiger partial charge >= 0.3 is 0 Å². The van der Waals surface area contributed by atoms with Crippen LogP contribution in [0.5, 0.6) is 5.06 Å². The number of nitrogens with two attached hydrogens (primary N) is 1. The second-order valence-electron chi connectivity index (χ2n) is 1.48. The fourth-order valence-electron chi connectivity index (χ4n) is 0.457. The Hall–Kier alpha value is -1.43. The third-order valence-electron chi connectivity index (χ3n) is 0.814. The van der Waals surface area contributed by atoms with Crippen LogP contribution < -0.4 is 10.6 Å². The Morgan fingerprint density at radius 2 is 2.55 bits per heavy atom. The monoisotopic (exact) mass is 170 g/mol. The van der Waals surface area contributed by atoms with Crippen molar-refractivity contribution in [2.24, 2.45) is 21.4 Å². The van der Waals surface area contributed by atoms with Gasteiger partial charge in [-0.25, -0.2) is 0 Å². The maximum Gasteiger partial charge on any atom is 0.204 e. The molecule has 1 aromatic heterocycles. The van der Waals surface area contributed by atoms with Crippen molar-refractivity contribution < 1.29 is 4.74 Å². The average molecular weight is 170 g/mol. The number of thiophene rings is 1. The summed E-state index contributed by atoms with van der Waals surface area (Å²) in [5, 5.41) is 12.0. The Balaban J connectivity index is 2.34. The van der Waals surface area contributed by atoms with Crippen LogP contribution in [0.3, 0.4) is 0 Å². The van der Waals surface area contributed by atoms with E-state index >= 15 is 0 Å². The second-order valence-corrected chi connectivity index (χ2v) is 2.39. The first kappa shape index (κ1) is 7.67. The number of hydrogen-bond donors (Lipinski definition) is 1. The molecule has 1 heterocycles. The minimum absolute atomic E-state index is 0.751. The highest BCUT2D eigenvalue weighted by atomic mass is 32.1. The van der Waals surface area contributed by atoms with Gasteiger partial charge in [0, 0.05) is 0 Å². The van der Waals surface area contributed by atoms with E-state index in [0.29, 0.717) is 0 Å². The van der Waals surface area contributed by atoms with E-state index in [0.717, 1.165) is 5.06 Å². The largest absolute Gasteiger partial charge is 0.433 e. The van der Waals surface area contributed by atoms with Crippen LogP contribution >= 0.6 is 11.3 Å². The van der Waals surface area contributed by atoms with E-state index < -0.39 is 0 Å². The zero-order chi connectivity index (χ0) is 7.94. The van der Waals surface area contributed by atoms with Gasteiger partial charge in [0.15, 0.2) is 5.06 Å². The standard InChI is InChI=1S/C5H6N4OS/c6-8-9-7-4-10-5-2-1-3-11-5/h1-4H,(H2,6,9)/b7-4-. The lowest BCUT2D eigenvalue weighted by Gasteiger charge is -1.88. The highest BCUT2D eigenvalue weighted by Gasteiger charge is 1.87. The van der Waals surface area contributed by atoms with Crippen molar-refractivity contribution in [2.75, 3.05) is 0 Å². The molecule has 0 fully saturated rings. The first-order valence-corrected chi connectivity index (χ1v) is 3.63. The molecule has 5 nitrogen and oxygen atoms in total. The minimum atomic E-state index is 0.751. The number of nitrogens with zero attached hydrogens (tertiary/aromatic N) is 3. The third kappa shape index (κ3) is 2.76. The Kier molecular flexibility index (Phi) is 3.07. The van der Waals surface area contributed by atoms with Gasteiger partial charge in [-0.15, -0.1) is 11.3 Å². The molecule has 0 atom stereocenters. The zero-order valence-electron chi connectivity index (χ0n) is 5.54. The van der Waals surface area contributed by atoms with Crippen molar-refractivity contribution in [2.45, 2.75) is 0 Å². The van der Waals surface area contributed by atoms with Crippen molar-refractivity contribution in [3.05, 3.63) is 17.5 Å². The SMILES string of the molecule is NN=N/N=C\Oc1cccs1. The maximum absolute atomic E-state index is 4.97. The van der Waals surface area contributed by atoms with Gasteiger partial charge in [-0.05, 0) is 22.7 Å². The maximum atomic E-state index is 4.97. The molecule has 1 rings (SSSR count). The molecule has 0 aromatic carbocycles. The molecule has 0 aliphatic rings. The Bertz CT molecular complexity index is 243. The molecule has 0 saturated carbocycles. The van der Waals surface area contributed by atoms with Gasteiger partial charge in [0.25, 0.3) is 0 Å². The molecule has 11 heavy (non-hydrogen) atoms. The van der Waals surface area contributed by atoms with Gasteiger partial charge in [0.1, 0.15) is 0 Å². The van der Waals surface area contributed by atoms with Crippen molar-refractivity contribution in [1.29, 1.82) is 0 Å². The molecule has 0 radical (unpaired) electrons. The summed E-state index contributed by atoms with van der Waals surface area (Å²) in [5.41, 5.74) is 0. The summed E-state index contributed by atoms with van der Waals surface area (Å²) in [6, 6.07) is 3.69. The summed E-state index contributed by atoms with van der Waals surface area (Å²) in [7, 11) is 0. The zero-order valence-corrected chi connectivity index (χ0v) is 6.36. The number of ether oxygens (including phenoxy) is 1. The van der Waals surface area contributed by atoms with E-state index in [9.17, 15) is 0 Å². The summed E-state index contributed by atoms with van der Waals surface area (Å²) >= 11 is 1.46. The summed E-state index contributed by atoms with van der Waals surface area (Å²) in [6.45, 7) is 0. The fourth-order valence-corrected chi connectivity index (χ4v) is 1.00. The number of rotatable bonds is 3. The molecular formula is C5H6N4OS. The number of hydrogen-bond acceptors (Lipinski definition) is 4. The molecule has 0 spiro atoms. The molecule has 6 heteroatoms. The van der Waals surface area contributed by atoms with Crippen LogP contribution in [0.2, 0.25) is 0 Å². The van der Waals surface area contributed by atoms with E-state index in [1.165, 1.54) is 17.7 Å². The highest BCUT2D eigenvalue weighted by Crippen LogP contribution is 2.16. The van der Waals surface area contributed by atoms with Gasteiger partial charge in [-0.1, -0.05) is 10.3 Å². The lowest BCUT2D eigenvalue weighted by Crippen LogP contribution is -1.84. The van der Waals surface area contributed by atoms with Crippen molar-refractivity contribution in [3.63, 3.8) is 0 Å². The van der Waals surface area contributed by atoms with E-state index in [1.807, 2.05) is 17.5 Å². The van der Waals surface area contributed by atoms with E-state index in [4.69, 9.17) is 4.74 Å². The third-order valence-corrected chi connectivity index (χ3v) is 1.57. The molecule has 0 aliphatic carbocycles. The minimum Gasteiger partial charge on any atom is -0.433 e. The Morgan fingerprint density at radius 1 is 1.64 bits per heavy atom. The fraction of sp³-hybridized carbons (Fsp3) is 0. The summed E-state index contributed by atoms with van der Waals surface area (Å²) in [6.07, 6.45) is 1.17. The lowest BCUT2D eigenvalue weighted by molar-refractivity contribution is 0.586. The Labute approximate surface area is 67.2 Å². The summed E-state index contributed by atoms with van der Waals surface area (Å²) in [4.78, 5) is 0. The predicted octanol–water partition coefficient (Wildman–Crippen LogP) is 1.40. The predicted molar refractivity (Wildman–Crippen MR) is 42.5 cm³/mol. The molecule has 0 amide bonds. The molecule has 0 saturated heterocycles. The van der Waals surface area contributed by atoms with E-state index in [2.05, 4.69) is 21.4 Å². The molecule has 0 bridgehead atoms. The van der Waals surface area contributed by atoms with Crippen LogP contribution in [0.4, 0.5) is 0 Å². The van der Waals surface area contributed by atoms with E-state index in [1.54, 1.807) is 0 Å². The van der Waals surface area contributed by atoms with Gasteiger partial charge in [-0.3, -0.25) is 0 Å². The molecular weight excluding hydrogens is 164 g/mol. The van der Waals surface area contributed by atoms with Crippen LogP contribution in [-0.4, -0.2) is 6.40 Å². The molecule has 0 unspecified atom stereocenters. The van der Waals surface area contributed by atoms with Gasteiger partial charge < -0.3 is 10.6 Å². The smallest absolute Gasteiger partial charge is 0.204 e. The first-order chi connectivity index (χ1) is 5.43. The van der Waals surface area contributed by atoms with Gasteiger partial charge in [0.05, 0.1) is 0 Å². The van der Waals surface area contributed by atoms with Crippen molar-refractivity contribution in [1.82, 2.24) is 0 Å². The lowest BCUT2D eigenvalue weighted by atomic mass is 10.7. The van der Waals surface area contributed by atoms with Crippen LogP contribution in [0.25, 0.3) is 0 Å². The molecule has 1 aromatic rings. The van der Waals surface area contributed by atoms with Crippen LogP contribution in [-0.2, 0) is 0 Å². The molecule has 58 valence electrons. The van der Waals surface area contributed by atoms with Gasteiger partial charge in [-0.2, -0.15) is 0 Å². The highest BCUT2D eigenvalue weighted by molar-refractivity contribution is 7.11. The van der Waals surface area contributed by atoms with Crippen molar-refractivity contribution in [3.8, 4) is 5.06 Å². The van der Waals surface area contributed by atoms with Crippen LogP contribution in [0.15, 0.2) is 33.1 Å². The van der Waals surface area contributed by atoms with Crippen LogP contribution in [0.1, 0.15) is 0 Å². The Morgan fingerprint density at radius 3 is 3.18 bits per heavy atom. The molecule has 2 N–H and O–H groups in total. The quantitative estimate of drug-likeness (QED) is 0.245. The molecule has 0 aliphatic heterocycles. The van der Waals surface area contributed by atoms with Crippen molar-refractivity contribution >= 4 is 17.7 Å². The normalized spacial score (nSPS) is 11.3. The van der Waals surface area contributed by atoms with E-state index in [-0.39, 0.29) is 0 Å². The second kappa shape index (κ2) is 4.40. The average Bonchev–Trinajstić information content (AvgIpc) is 2.50. The van der Waals surface area contributed by atoms with Gasteiger partial charge in [0.2, 0.25) is 6.40 Å². The summed E-state index contributed by atoms with van der Waals surface area (Å²) in [5.74, 6) is 4.68. The van der Waals surface area contributed by atoms with Crippen LogP contribution in [0, 0.1) is 0 Å². The topological polar surface area (TPSA) is 72.3 Å².